The molecule has 0 radical (unpaired) electrons. The molecule has 2 aromatic heterocycles. The van der Waals surface area contributed by atoms with Crippen molar-refractivity contribution in [1.82, 2.24) is 14.1 Å². The molecular formula is C16H16N4O4. The van der Waals surface area contributed by atoms with E-state index in [1.165, 1.54) is 10.8 Å². The van der Waals surface area contributed by atoms with Crippen molar-refractivity contribution in [3.05, 3.63) is 58.2 Å². The summed E-state index contributed by atoms with van der Waals surface area (Å²) in [6.07, 6.45) is 2.92. The van der Waals surface area contributed by atoms with E-state index in [4.69, 9.17) is 4.74 Å². The molecule has 3 aromatic rings. The van der Waals surface area contributed by atoms with Crippen LogP contribution in [0.25, 0.3) is 10.9 Å². The Balaban J connectivity index is 1.72. The van der Waals surface area contributed by atoms with Crippen molar-refractivity contribution in [2.24, 2.45) is 7.05 Å². The predicted octanol–water partition coefficient (Wildman–Crippen LogP) is 2.45. The molecule has 0 spiro atoms. The largest absolute Gasteiger partial charge is 0.458 e. The zero-order valence-corrected chi connectivity index (χ0v) is 13.3. The van der Waals surface area contributed by atoms with Crippen molar-refractivity contribution in [2.45, 2.75) is 13.5 Å². The topological polar surface area (TPSA) is 92.2 Å². The van der Waals surface area contributed by atoms with Crippen LogP contribution in [0.2, 0.25) is 0 Å². The number of para-hydroxylation sites is 1. The van der Waals surface area contributed by atoms with Gasteiger partial charge in [-0.2, -0.15) is 0 Å². The van der Waals surface area contributed by atoms with Crippen molar-refractivity contribution < 1.29 is 14.5 Å². The van der Waals surface area contributed by atoms with E-state index in [1.807, 2.05) is 35.9 Å². The number of nitro groups is 1. The second kappa shape index (κ2) is 6.15. The quantitative estimate of drug-likeness (QED) is 0.407. The summed E-state index contributed by atoms with van der Waals surface area (Å²) in [6.45, 7) is 1.87. The first-order chi connectivity index (χ1) is 11.5. The Hall–Kier alpha value is -3.16. The maximum Gasteiger partial charge on any atom is 0.342 e. The van der Waals surface area contributed by atoms with Crippen LogP contribution in [0.15, 0.2) is 36.7 Å². The number of fused-ring (bicyclic) bond motifs is 1. The normalized spacial score (nSPS) is 10.9. The third-order valence-electron chi connectivity index (χ3n) is 3.89. The minimum Gasteiger partial charge on any atom is -0.458 e. The monoisotopic (exact) mass is 328 g/mol. The lowest BCUT2D eigenvalue weighted by molar-refractivity contribution is -0.392. The molecule has 8 nitrogen and oxygen atoms in total. The van der Waals surface area contributed by atoms with E-state index in [9.17, 15) is 14.9 Å². The van der Waals surface area contributed by atoms with E-state index in [0.29, 0.717) is 11.4 Å². The predicted molar refractivity (Wildman–Crippen MR) is 86.8 cm³/mol. The number of carbonyl (C=O) groups is 1. The second-order valence-corrected chi connectivity index (χ2v) is 5.38. The zero-order valence-electron chi connectivity index (χ0n) is 13.3. The highest BCUT2D eigenvalue weighted by molar-refractivity contribution is 6.04. The van der Waals surface area contributed by atoms with E-state index >= 15 is 0 Å². The number of benzene rings is 1. The Morgan fingerprint density at radius 3 is 2.88 bits per heavy atom. The lowest BCUT2D eigenvalue weighted by atomic mass is 10.2. The number of hydrogen-bond acceptors (Lipinski definition) is 5. The minimum atomic E-state index is -0.507. The number of nitrogens with zero attached hydrogens (tertiary/aromatic N) is 4. The van der Waals surface area contributed by atoms with Crippen LogP contribution in [-0.2, 0) is 18.3 Å². The average Bonchev–Trinajstić information content (AvgIpc) is 3.09. The maximum atomic E-state index is 12.3. The third kappa shape index (κ3) is 2.73. The lowest BCUT2D eigenvalue weighted by Crippen LogP contribution is -2.13. The number of carbonyl (C=O) groups excluding carboxylic acids is 1. The van der Waals surface area contributed by atoms with Crippen molar-refractivity contribution >= 4 is 22.7 Å². The van der Waals surface area contributed by atoms with Crippen molar-refractivity contribution in [3.8, 4) is 0 Å². The molecule has 0 unspecified atom stereocenters. The number of ether oxygens (including phenoxy) is 1. The summed E-state index contributed by atoms with van der Waals surface area (Å²) in [5.74, 6) is -0.0659. The van der Waals surface area contributed by atoms with Crippen molar-refractivity contribution in [3.63, 3.8) is 0 Å². The fraction of sp³-hybridized carbons (Fsp3) is 0.250. The number of imidazole rings is 1. The molecule has 0 saturated carbocycles. The van der Waals surface area contributed by atoms with Gasteiger partial charge in [0.05, 0.1) is 5.56 Å². The maximum absolute atomic E-state index is 12.3. The van der Waals surface area contributed by atoms with Gasteiger partial charge in [0.15, 0.2) is 5.82 Å². The summed E-state index contributed by atoms with van der Waals surface area (Å²) in [6, 6.07) is 7.54. The van der Waals surface area contributed by atoms with E-state index in [0.717, 1.165) is 10.9 Å². The average molecular weight is 328 g/mol. The number of esters is 1. The van der Waals surface area contributed by atoms with Gasteiger partial charge in [-0.15, -0.1) is 0 Å². The number of rotatable bonds is 5. The Kier molecular flexibility index (Phi) is 4.03. The molecule has 3 rings (SSSR count). The van der Waals surface area contributed by atoms with Gasteiger partial charge in [0.25, 0.3) is 0 Å². The summed E-state index contributed by atoms with van der Waals surface area (Å²) in [5.41, 5.74) is 1.41. The van der Waals surface area contributed by atoms with Crippen LogP contribution in [0, 0.1) is 17.0 Å². The van der Waals surface area contributed by atoms with E-state index in [-0.39, 0.29) is 19.0 Å². The van der Waals surface area contributed by atoms with E-state index in [1.54, 1.807) is 13.1 Å². The van der Waals surface area contributed by atoms with Crippen LogP contribution in [0.4, 0.5) is 5.82 Å². The Morgan fingerprint density at radius 2 is 2.12 bits per heavy atom. The van der Waals surface area contributed by atoms with Crippen LogP contribution in [0.5, 0.6) is 0 Å². The van der Waals surface area contributed by atoms with Crippen LogP contribution >= 0.6 is 0 Å². The van der Waals surface area contributed by atoms with Gasteiger partial charge in [0, 0.05) is 31.1 Å². The molecular weight excluding hydrogens is 312 g/mol. The first kappa shape index (κ1) is 15.7. The molecule has 8 heteroatoms. The molecule has 124 valence electrons. The molecule has 0 fully saturated rings. The molecule has 24 heavy (non-hydrogen) atoms. The Bertz CT molecular complexity index is 925. The van der Waals surface area contributed by atoms with Gasteiger partial charge in [-0.05, 0) is 11.0 Å². The van der Waals surface area contributed by atoms with Crippen LogP contribution < -0.4 is 0 Å². The first-order valence-corrected chi connectivity index (χ1v) is 7.36. The van der Waals surface area contributed by atoms with Gasteiger partial charge in [-0.1, -0.05) is 18.2 Å². The molecule has 0 aliphatic carbocycles. The second-order valence-electron chi connectivity index (χ2n) is 5.38. The fourth-order valence-corrected chi connectivity index (χ4v) is 2.69. The van der Waals surface area contributed by atoms with Crippen LogP contribution in [-0.4, -0.2) is 31.6 Å². The Morgan fingerprint density at radius 1 is 1.38 bits per heavy atom. The number of aromatic nitrogens is 3. The van der Waals surface area contributed by atoms with Gasteiger partial charge < -0.3 is 19.4 Å². The first-order valence-electron chi connectivity index (χ1n) is 7.36. The highest BCUT2D eigenvalue weighted by Crippen LogP contribution is 2.21. The summed E-state index contributed by atoms with van der Waals surface area (Å²) >= 11 is 0. The SMILES string of the molecule is Cc1ncc([N+](=O)[O-])n1CCOC(=O)c1cn(C)c2ccccc12. The van der Waals surface area contributed by atoms with Gasteiger partial charge in [0.2, 0.25) is 0 Å². The molecule has 1 aromatic carbocycles. The zero-order chi connectivity index (χ0) is 17.3. The van der Waals surface area contributed by atoms with Gasteiger partial charge >= 0.3 is 11.8 Å². The third-order valence-corrected chi connectivity index (χ3v) is 3.89. The lowest BCUT2D eigenvalue weighted by Gasteiger charge is -2.05. The van der Waals surface area contributed by atoms with Gasteiger partial charge in [-0.25, -0.2) is 14.3 Å². The highest BCUT2D eigenvalue weighted by atomic mass is 16.6. The molecule has 0 bridgehead atoms. The summed E-state index contributed by atoms with van der Waals surface area (Å²) in [4.78, 5) is 26.7. The van der Waals surface area contributed by atoms with Crippen LogP contribution in [0.3, 0.4) is 0 Å². The molecule has 0 atom stereocenters. The van der Waals surface area contributed by atoms with E-state index in [2.05, 4.69) is 4.98 Å². The summed E-state index contributed by atoms with van der Waals surface area (Å²) < 4.78 is 8.56. The van der Waals surface area contributed by atoms with Gasteiger partial charge in [0.1, 0.15) is 19.3 Å². The molecule has 0 N–H and O–H groups in total. The Labute approximate surface area is 137 Å². The number of aryl methyl sites for hydroxylation is 2. The van der Waals surface area contributed by atoms with Crippen molar-refractivity contribution in [2.75, 3.05) is 6.61 Å². The number of hydrogen-bond donors (Lipinski definition) is 0. The molecule has 2 heterocycles. The molecule has 0 amide bonds. The van der Waals surface area contributed by atoms with E-state index < -0.39 is 10.9 Å². The van der Waals surface area contributed by atoms with Gasteiger partial charge in [-0.3, -0.25) is 0 Å². The molecule has 0 aliphatic heterocycles. The molecule has 0 aliphatic rings. The van der Waals surface area contributed by atoms with Crippen molar-refractivity contribution in [1.29, 1.82) is 0 Å². The minimum absolute atomic E-state index is 0.0279. The summed E-state index contributed by atoms with van der Waals surface area (Å²) in [7, 11) is 1.86. The highest BCUT2D eigenvalue weighted by Gasteiger charge is 2.19. The standard InChI is InChI=1S/C16H16N4O4/c1-11-17-9-15(20(22)23)19(11)7-8-24-16(21)13-10-18(2)14-6-4-3-5-12(13)14/h3-6,9-10H,7-8H2,1-2H3. The summed E-state index contributed by atoms with van der Waals surface area (Å²) in [5, 5.41) is 11.8. The van der Waals surface area contributed by atoms with Crippen LogP contribution in [0.1, 0.15) is 16.2 Å². The smallest absolute Gasteiger partial charge is 0.342 e. The fourth-order valence-electron chi connectivity index (χ4n) is 2.69. The molecule has 0 saturated heterocycles.